The van der Waals surface area contributed by atoms with Gasteiger partial charge in [0.2, 0.25) is 6.04 Å². The molecule has 0 saturated carbocycles. The number of hydrogen-bond acceptors (Lipinski definition) is 3. The summed E-state index contributed by atoms with van der Waals surface area (Å²) in [7, 11) is 0. The second kappa shape index (κ2) is 9.30. The topological polar surface area (TPSA) is 62.2 Å². The van der Waals surface area contributed by atoms with E-state index in [1.165, 1.54) is 22.2 Å². The number of piperidine rings is 1. The van der Waals surface area contributed by atoms with Crippen LogP contribution in [0.5, 0.6) is 0 Å². The Balaban J connectivity index is 1.70. The molecule has 174 valence electrons. The lowest BCUT2D eigenvalue weighted by Crippen LogP contribution is -2.60. The first kappa shape index (κ1) is 22.1. The number of nitrogens with one attached hydrogen (secondary N) is 1. The molecular weight excluding hydrogens is 410 g/mol. The zero-order valence-electron chi connectivity index (χ0n) is 19.7. The molecule has 5 nitrogen and oxygen atoms in total. The van der Waals surface area contributed by atoms with E-state index in [1.54, 1.807) is 0 Å². The number of nitro groups is 1. The monoisotopic (exact) mass is 445 g/mol. The predicted molar refractivity (Wildman–Crippen MR) is 133 cm³/mol. The van der Waals surface area contributed by atoms with Crippen LogP contribution in [-0.4, -0.2) is 33.4 Å². The van der Waals surface area contributed by atoms with Gasteiger partial charge in [0.15, 0.2) is 0 Å². The van der Waals surface area contributed by atoms with Gasteiger partial charge in [0.25, 0.3) is 0 Å². The molecule has 3 heterocycles. The van der Waals surface area contributed by atoms with Gasteiger partial charge in [-0.2, -0.15) is 0 Å². The maximum Gasteiger partial charge on any atom is 0.235 e. The van der Waals surface area contributed by atoms with Crippen LogP contribution in [0.15, 0.2) is 54.6 Å². The number of nitrogens with zero attached hydrogens (tertiary/aromatic N) is 2. The molecule has 2 aliphatic rings. The fourth-order valence-electron chi connectivity index (χ4n) is 6.82. The molecule has 5 atom stereocenters. The number of unbranched alkanes of at least 4 members (excludes halogenated alkanes) is 1. The highest BCUT2D eigenvalue weighted by Gasteiger charge is 2.56. The summed E-state index contributed by atoms with van der Waals surface area (Å²) in [6.07, 6.45) is 5.94. The van der Waals surface area contributed by atoms with E-state index in [9.17, 15) is 10.1 Å². The van der Waals surface area contributed by atoms with Crippen molar-refractivity contribution in [3.05, 3.63) is 81.5 Å². The molecule has 0 spiro atoms. The molecule has 1 N–H and O–H groups in total. The molecule has 1 fully saturated rings. The number of aromatic nitrogens is 1. The van der Waals surface area contributed by atoms with Crippen LogP contribution in [0.4, 0.5) is 0 Å². The quantitative estimate of drug-likeness (QED) is 0.334. The number of rotatable bonds is 7. The van der Waals surface area contributed by atoms with E-state index in [2.05, 4.69) is 60.1 Å². The lowest BCUT2D eigenvalue weighted by Gasteiger charge is -2.53. The van der Waals surface area contributed by atoms with Gasteiger partial charge < -0.3 is 4.98 Å². The van der Waals surface area contributed by atoms with Crippen LogP contribution in [0.1, 0.15) is 74.7 Å². The number of fused-ring (bicyclic) bond motifs is 5. The Morgan fingerprint density at radius 2 is 1.79 bits per heavy atom. The van der Waals surface area contributed by atoms with Crippen molar-refractivity contribution in [3.63, 3.8) is 0 Å². The Kier molecular flexibility index (Phi) is 6.24. The third-order valence-corrected chi connectivity index (χ3v) is 8.08. The molecule has 1 saturated heterocycles. The van der Waals surface area contributed by atoms with E-state index < -0.39 is 6.04 Å². The van der Waals surface area contributed by atoms with Gasteiger partial charge in [-0.15, -0.1) is 0 Å². The van der Waals surface area contributed by atoms with E-state index in [0.29, 0.717) is 0 Å². The Bertz CT molecular complexity index is 1110. The Hall–Kier alpha value is -2.66. The number of aromatic amines is 1. The summed E-state index contributed by atoms with van der Waals surface area (Å²) in [5.41, 5.74) is 5.05. The van der Waals surface area contributed by atoms with Gasteiger partial charge in [-0.1, -0.05) is 81.6 Å². The average molecular weight is 446 g/mol. The highest BCUT2D eigenvalue weighted by molar-refractivity contribution is 5.85. The molecular formula is C28H35N3O2. The summed E-state index contributed by atoms with van der Waals surface area (Å²) < 4.78 is 0. The van der Waals surface area contributed by atoms with Gasteiger partial charge in [-0.3, -0.25) is 15.0 Å². The molecule has 1 aromatic heterocycles. The highest BCUT2D eigenvalue weighted by Crippen LogP contribution is 2.53. The van der Waals surface area contributed by atoms with Crippen molar-refractivity contribution in [2.24, 2.45) is 5.92 Å². The Labute approximate surface area is 196 Å². The minimum atomic E-state index is -0.572. The van der Waals surface area contributed by atoms with Gasteiger partial charge >= 0.3 is 0 Å². The largest absolute Gasteiger partial charge is 0.357 e. The molecule has 0 aliphatic carbocycles. The minimum absolute atomic E-state index is 0.0391. The maximum absolute atomic E-state index is 12.7. The fourth-order valence-corrected chi connectivity index (χ4v) is 6.82. The van der Waals surface area contributed by atoms with Crippen molar-refractivity contribution in [2.45, 2.75) is 76.4 Å². The number of benzene rings is 2. The van der Waals surface area contributed by atoms with Crippen LogP contribution in [-0.2, 0) is 6.42 Å². The van der Waals surface area contributed by atoms with Crippen LogP contribution >= 0.6 is 0 Å². The summed E-state index contributed by atoms with van der Waals surface area (Å²) >= 11 is 0. The smallest absolute Gasteiger partial charge is 0.235 e. The van der Waals surface area contributed by atoms with Gasteiger partial charge in [-0.05, 0) is 42.4 Å². The second-order valence-corrected chi connectivity index (χ2v) is 9.87. The van der Waals surface area contributed by atoms with Crippen molar-refractivity contribution in [2.75, 3.05) is 6.54 Å². The molecule has 33 heavy (non-hydrogen) atoms. The van der Waals surface area contributed by atoms with Crippen molar-refractivity contribution < 1.29 is 4.92 Å². The predicted octanol–water partition coefficient (Wildman–Crippen LogP) is 6.48. The molecule has 0 unspecified atom stereocenters. The van der Waals surface area contributed by atoms with Gasteiger partial charge in [-0.25, -0.2) is 0 Å². The van der Waals surface area contributed by atoms with Crippen LogP contribution in [0.3, 0.4) is 0 Å². The van der Waals surface area contributed by atoms with Crippen LogP contribution in [0.2, 0.25) is 0 Å². The lowest BCUT2D eigenvalue weighted by atomic mass is 9.66. The summed E-state index contributed by atoms with van der Waals surface area (Å²) in [6.45, 7) is 5.30. The van der Waals surface area contributed by atoms with E-state index in [4.69, 9.17) is 0 Å². The van der Waals surface area contributed by atoms with Crippen LogP contribution in [0.25, 0.3) is 10.9 Å². The normalized spacial score (nSPS) is 27.3. The Morgan fingerprint density at radius 3 is 2.52 bits per heavy atom. The number of para-hydroxylation sites is 1. The summed E-state index contributed by atoms with van der Waals surface area (Å²) in [5.74, 6) is 0.124. The molecule has 3 aromatic rings. The molecule has 2 aliphatic heterocycles. The molecule has 5 heteroatoms. The number of hydrogen-bond donors (Lipinski definition) is 1. The van der Waals surface area contributed by atoms with Crippen molar-refractivity contribution >= 4 is 10.9 Å². The first-order valence-electron chi connectivity index (χ1n) is 12.7. The van der Waals surface area contributed by atoms with E-state index in [1.807, 2.05) is 18.2 Å². The number of H-pyrrole nitrogens is 1. The molecule has 0 amide bonds. The van der Waals surface area contributed by atoms with Crippen LogP contribution in [0, 0.1) is 16.0 Å². The van der Waals surface area contributed by atoms with E-state index in [-0.39, 0.29) is 28.8 Å². The maximum atomic E-state index is 12.7. The molecule has 0 bridgehead atoms. The zero-order valence-corrected chi connectivity index (χ0v) is 19.7. The molecule has 5 rings (SSSR count). The van der Waals surface area contributed by atoms with E-state index >= 15 is 0 Å². The minimum Gasteiger partial charge on any atom is -0.357 e. The summed E-state index contributed by atoms with van der Waals surface area (Å²) in [6, 6.07) is 18.5. The summed E-state index contributed by atoms with van der Waals surface area (Å²) in [5, 5.41) is 14.0. The van der Waals surface area contributed by atoms with E-state index in [0.717, 1.165) is 50.6 Å². The van der Waals surface area contributed by atoms with Crippen LogP contribution < -0.4 is 0 Å². The van der Waals surface area contributed by atoms with Crippen molar-refractivity contribution in [3.8, 4) is 0 Å². The van der Waals surface area contributed by atoms with Crippen molar-refractivity contribution in [1.82, 2.24) is 9.88 Å². The fraction of sp³-hybridized carbons (Fsp3) is 0.500. The average Bonchev–Trinajstić information content (AvgIpc) is 3.22. The van der Waals surface area contributed by atoms with Gasteiger partial charge in [0.1, 0.15) is 0 Å². The first-order valence-corrected chi connectivity index (χ1v) is 12.7. The standard InChI is InChI=1S/C28H35N3O2/c1-3-5-16-24-28(31(32)33)25(19-12-7-6-8-13-19)22(11-4-2)27-26-21(17-18-30(24)27)20-14-9-10-15-23(20)29-26/h6-10,12-15,22,24-25,27-29H,3-5,11,16-18H2,1-2H3/t22-,24+,25-,27-,28-/m1/s1. The highest BCUT2D eigenvalue weighted by atomic mass is 16.6. The van der Waals surface area contributed by atoms with Gasteiger partial charge in [0.05, 0.1) is 18.0 Å². The lowest BCUT2D eigenvalue weighted by molar-refractivity contribution is -0.542. The van der Waals surface area contributed by atoms with Gasteiger partial charge in [0, 0.05) is 28.1 Å². The second-order valence-electron chi connectivity index (χ2n) is 9.87. The van der Waals surface area contributed by atoms with Crippen molar-refractivity contribution in [1.29, 1.82) is 0 Å². The Morgan fingerprint density at radius 1 is 1.03 bits per heavy atom. The summed E-state index contributed by atoms with van der Waals surface area (Å²) in [4.78, 5) is 19.1. The zero-order chi connectivity index (χ0) is 22.9. The third-order valence-electron chi connectivity index (χ3n) is 8.08. The third kappa shape index (κ3) is 3.76. The molecule has 2 aromatic carbocycles. The molecule has 0 radical (unpaired) electrons. The SMILES string of the molecule is CCCC[C@H]1[C@@H]([N+](=O)[O-])[C@H](c2ccccc2)[C@@H](CCC)[C@@H]2c3[nH]c4ccccc4c3CCN12. The first-order chi connectivity index (χ1) is 16.2.